The molecule has 0 bridgehead atoms. The van der Waals surface area contributed by atoms with Crippen molar-refractivity contribution in [3.8, 4) is 5.75 Å². The Morgan fingerprint density at radius 3 is 3.06 bits per heavy atom. The van der Waals surface area contributed by atoms with Crippen LogP contribution in [0.3, 0.4) is 0 Å². The van der Waals surface area contributed by atoms with Crippen molar-refractivity contribution in [3.63, 3.8) is 0 Å². The maximum absolute atomic E-state index is 11.8. The van der Waals surface area contributed by atoms with E-state index >= 15 is 0 Å². The molecule has 0 saturated heterocycles. The van der Waals surface area contributed by atoms with Crippen LogP contribution in [0.15, 0.2) is 18.3 Å². The van der Waals surface area contributed by atoms with E-state index < -0.39 is 0 Å². The fourth-order valence-electron chi connectivity index (χ4n) is 2.40. The van der Waals surface area contributed by atoms with E-state index in [1.54, 1.807) is 6.07 Å². The lowest BCUT2D eigenvalue weighted by atomic mass is 9.98. The van der Waals surface area contributed by atoms with Gasteiger partial charge in [0.05, 0.1) is 0 Å². The van der Waals surface area contributed by atoms with Crippen molar-refractivity contribution in [2.45, 2.75) is 26.2 Å². The van der Waals surface area contributed by atoms with E-state index in [1.807, 2.05) is 0 Å². The van der Waals surface area contributed by atoms with Gasteiger partial charge in [-0.2, -0.15) is 0 Å². The number of aromatic hydroxyl groups is 1. The second-order valence-electron chi connectivity index (χ2n) is 4.75. The van der Waals surface area contributed by atoms with Gasteiger partial charge in [-0.25, -0.2) is 4.98 Å². The largest absolute Gasteiger partial charge is 0.505 e. The molecule has 2 atom stereocenters. The fraction of sp³-hybridized carbons (Fsp3) is 0.538. The molecule has 1 aliphatic carbocycles. The molecule has 1 aliphatic rings. The number of carbonyl (C=O) groups excluding carboxylic acids is 1. The van der Waals surface area contributed by atoms with Crippen LogP contribution in [0.25, 0.3) is 0 Å². The van der Waals surface area contributed by atoms with Gasteiger partial charge in [-0.3, -0.25) is 4.79 Å². The van der Waals surface area contributed by atoms with Crippen LogP contribution >= 0.6 is 0 Å². The highest BCUT2D eigenvalue weighted by atomic mass is 16.3. The zero-order valence-electron chi connectivity index (χ0n) is 10.0. The van der Waals surface area contributed by atoms with E-state index in [2.05, 4.69) is 17.2 Å². The normalized spacial score (nSPS) is 23.6. The quantitative estimate of drug-likeness (QED) is 0.840. The Hall–Kier alpha value is -1.58. The molecule has 1 heterocycles. The average molecular weight is 234 g/mol. The van der Waals surface area contributed by atoms with Gasteiger partial charge >= 0.3 is 0 Å². The summed E-state index contributed by atoms with van der Waals surface area (Å²) in [5.74, 6) is 0.879. The first kappa shape index (κ1) is 11.9. The van der Waals surface area contributed by atoms with Crippen molar-refractivity contribution < 1.29 is 9.90 Å². The average Bonchev–Trinajstić information content (AvgIpc) is 2.72. The molecule has 0 radical (unpaired) electrons. The van der Waals surface area contributed by atoms with Crippen molar-refractivity contribution in [2.75, 3.05) is 6.54 Å². The molecule has 1 fully saturated rings. The highest BCUT2D eigenvalue weighted by molar-refractivity contribution is 5.94. The van der Waals surface area contributed by atoms with Crippen LogP contribution in [-0.4, -0.2) is 22.5 Å². The lowest BCUT2D eigenvalue weighted by Gasteiger charge is -2.15. The Morgan fingerprint density at radius 1 is 1.59 bits per heavy atom. The minimum Gasteiger partial charge on any atom is -0.505 e. The first-order valence-corrected chi connectivity index (χ1v) is 6.10. The summed E-state index contributed by atoms with van der Waals surface area (Å²) in [7, 11) is 0. The molecule has 1 aromatic heterocycles. The molecule has 1 aromatic rings. The molecule has 4 nitrogen and oxygen atoms in total. The lowest BCUT2D eigenvalue weighted by Crippen LogP contribution is -2.30. The first-order chi connectivity index (χ1) is 8.18. The molecule has 2 unspecified atom stereocenters. The Balaban J connectivity index is 1.91. The third-order valence-corrected chi connectivity index (χ3v) is 3.57. The first-order valence-electron chi connectivity index (χ1n) is 6.10. The number of aromatic nitrogens is 1. The van der Waals surface area contributed by atoms with Gasteiger partial charge in [0.15, 0.2) is 5.69 Å². The van der Waals surface area contributed by atoms with Crippen molar-refractivity contribution >= 4 is 5.91 Å². The van der Waals surface area contributed by atoms with Crippen LogP contribution in [-0.2, 0) is 0 Å². The zero-order valence-corrected chi connectivity index (χ0v) is 10.0. The summed E-state index contributed by atoms with van der Waals surface area (Å²) in [5.41, 5.74) is 0.109. The van der Waals surface area contributed by atoms with Gasteiger partial charge in [-0.05, 0) is 30.4 Å². The van der Waals surface area contributed by atoms with E-state index in [0.717, 1.165) is 0 Å². The van der Waals surface area contributed by atoms with Crippen molar-refractivity contribution in [1.82, 2.24) is 10.3 Å². The number of pyridine rings is 1. The topological polar surface area (TPSA) is 62.2 Å². The van der Waals surface area contributed by atoms with Crippen molar-refractivity contribution in [3.05, 3.63) is 24.0 Å². The van der Waals surface area contributed by atoms with Gasteiger partial charge in [-0.15, -0.1) is 0 Å². The van der Waals surface area contributed by atoms with Crippen LogP contribution in [0.2, 0.25) is 0 Å². The summed E-state index contributed by atoms with van der Waals surface area (Å²) in [6, 6.07) is 3.07. The zero-order chi connectivity index (χ0) is 12.3. The molecule has 2 rings (SSSR count). The van der Waals surface area contributed by atoms with Gasteiger partial charge in [-0.1, -0.05) is 19.8 Å². The number of rotatable bonds is 3. The van der Waals surface area contributed by atoms with Crippen LogP contribution in [0, 0.1) is 11.8 Å². The summed E-state index contributed by atoms with van der Waals surface area (Å²) in [6.45, 7) is 2.90. The number of amides is 1. The van der Waals surface area contributed by atoms with Crippen LogP contribution in [0.5, 0.6) is 5.75 Å². The maximum atomic E-state index is 11.8. The van der Waals surface area contributed by atoms with Crippen LogP contribution in [0.1, 0.15) is 36.7 Å². The van der Waals surface area contributed by atoms with Gasteiger partial charge in [0.1, 0.15) is 5.75 Å². The highest BCUT2D eigenvalue weighted by Gasteiger charge is 2.24. The number of nitrogens with one attached hydrogen (secondary N) is 1. The Labute approximate surface area is 101 Å². The molecule has 1 saturated carbocycles. The molecule has 0 aromatic carbocycles. The standard InChI is InChI=1S/C13H18N2O2/c1-9-4-2-5-10(9)8-15-13(17)12-11(16)6-3-7-14-12/h3,6-7,9-10,16H,2,4-5,8H2,1H3,(H,15,17). The molecule has 1 amide bonds. The molecule has 2 N–H and O–H groups in total. The van der Waals surface area contributed by atoms with E-state index in [0.29, 0.717) is 18.4 Å². The minimum atomic E-state index is -0.290. The summed E-state index contributed by atoms with van der Waals surface area (Å²) < 4.78 is 0. The summed E-state index contributed by atoms with van der Waals surface area (Å²) in [5, 5.41) is 12.4. The summed E-state index contributed by atoms with van der Waals surface area (Å²) >= 11 is 0. The number of hydrogen-bond acceptors (Lipinski definition) is 3. The molecule has 92 valence electrons. The summed E-state index contributed by atoms with van der Waals surface area (Å²) in [6.07, 6.45) is 5.17. The Kier molecular flexibility index (Phi) is 3.61. The summed E-state index contributed by atoms with van der Waals surface area (Å²) in [4.78, 5) is 15.7. The molecule has 17 heavy (non-hydrogen) atoms. The number of nitrogens with zero attached hydrogens (tertiary/aromatic N) is 1. The molecule has 0 spiro atoms. The smallest absolute Gasteiger partial charge is 0.273 e. The third kappa shape index (κ3) is 2.75. The Morgan fingerprint density at radius 2 is 2.41 bits per heavy atom. The molecular formula is C13H18N2O2. The SMILES string of the molecule is CC1CCCC1CNC(=O)c1ncccc1O. The third-order valence-electron chi connectivity index (χ3n) is 3.57. The van der Waals surface area contributed by atoms with E-state index in [1.165, 1.54) is 31.5 Å². The predicted molar refractivity (Wildman–Crippen MR) is 64.7 cm³/mol. The van der Waals surface area contributed by atoms with Gasteiger partial charge in [0.25, 0.3) is 5.91 Å². The molecular weight excluding hydrogens is 216 g/mol. The fourth-order valence-corrected chi connectivity index (χ4v) is 2.40. The van der Waals surface area contributed by atoms with E-state index in [-0.39, 0.29) is 17.4 Å². The van der Waals surface area contributed by atoms with Crippen LogP contribution < -0.4 is 5.32 Å². The van der Waals surface area contributed by atoms with Gasteiger partial charge < -0.3 is 10.4 Å². The van der Waals surface area contributed by atoms with E-state index in [9.17, 15) is 9.90 Å². The Bertz CT molecular complexity index is 406. The molecule has 4 heteroatoms. The minimum absolute atomic E-state index is 0.0653. The second-order valence-corrected chi connectivity index (χ2v) is 4.75. The van der Waals surface area contributed by atoms with Gasteiger partial charge in [0, 0.05) is 12.7 Å². The monoisotopic (exact) mass is 234 g/mol. The molecule has 0 aliphatic heterocycles. The second kappa shape index (κ2) is 5.17. The van der Waals surface area contributed by atoms with Crippen molar-refractivity contribution in [2.24, 2.45) is 11.8 Å². The van der Waals surface area contributed by atoms with Gasteiger partial charge in [0.2, 0.25) is 0 Å². The van der Waals surface area contributed by atoms with E-state index in [4.69, 9.17) is 0 Å². The maximum Gasteiger partial charge on any atom is 0.273 e. The predicted octanol–water partition coefficient (Wildman–Crippen LogP) is 1.95. The lowest BCUT2D eigenvalue weighted by molar-refractivity contribution is 0.0936. The number of hydrogen-bond donors (Lipinski definition) is 2. The highest BCUT2D eigenvalue weighted by Crippen LogP contribution is 2.30. The van der Waals surface area contributed by atoms with Crippen LogP contribution in [0.4, 0.5) is 0 Å². The van der Waals surface area contributed by atoms with Crippen molar-refractivity contribution in [1.29, 1.82) is 0 Å². The number of carbonyl (C=O) groups is 1.